The monoisotopic (exact) mass is 222 g/mol. The molecule has 4 nitrogen and oxygen atoms in total. The highest BCUT2D eigenvalue weighted by molar-refractivity contribution is 5.15. The summed E-state index contributed by atoms with van der Waals surface area (Å²) in [7, 11) is 0. The maximum Gasteiger partial charge on any atom is 0.253 e. The summed E-state index contributed by atoms with van der Waals surface area (Å²) < 4.78 is 0. The Bertz CT molecular complexity index is 349. The van der Waals surface area contributed by atoms with Gasteiger partial charge in [0.2, 0.25) is 0 Å². The van der Waals surface area contributed by atoms with Crippen molar-refractivity contribution in [3.05, 3.63) is 34.2 Å². The lowest BCUT2D eigenvalue weighted by Gasteiger charge is -2.20. The third kappa shape index (κ3) is 2.10. The van der Waals surface area contributed by atoms with Crippen LogP contribution in [0.4, 0.5) is 0 Å². The molecular weight excluding hydrogens is 204 g/mol. The summed E-state index contributed by atoms with van der Waals surface area (Å²) >= 11 is 0. The van der Waals surface area contributed by atoms with E-state index in [1.165, 1.54) is 19.0 Å². The number of nitro groups is 1. The number of rotatable bonds is 3. The van der Waals surface area contributed by atoms with Crippen LogP contribution in [0.1, 0.15) is 26.2 Å². The minimum Gasteiger partial charge on any atom is -0.365 e. The molecule has 0 radical (unpaired) electrons. The highest BCUT2D eigenvalue weighted by Gasteiger charge is 2.41. The summed E-state index contributed by atoms with van der Waals surface area (Å²) in [5.74, 6) is 1.05. The Morgan fingerprint density at radius 2 is 2.44 bits per heavy atom. The Hall–Kier alpha value is -1.32. The Balaban J connectivity index is 2.19. The minimum atomic E-state index is -0.318. The van der Waals surface area contributed by atoms with Crippen molar-refractivity contribution in [2.75, 3.05) is 13.1 Å². The molecule has 2 atom stereocenters. The van der Waals surface area contributed by atoms with Crippen molar-refractivity contribution in [1.82, 2.24) is 4.90 Å². The number of nitrogens with zero attached hydrogens (tertiary/aromatic N) is 2. The molecule has 1 heterocycles. The Labute approximate surface area is 95.8 Å². The van der Waals surface area contributed by atoms with Crippen molar-refractivity contribution in [2.24, 2.45) is 11.8 Å². The molecular formula is C12H18N2O2. The lowest BCUT2D eigenvalue weighted by Crippen LogP contribution is -2.22. The first-order valence-corrected chi connectivity index (χ1v) is 5.82. The molecule has 0 aromatic heterocycles. The fraction of sp³-hybridized carbons (Fsp3) is 0.667. The van der Waals surface area contributed by atoms with Gasteiger partial charge >= 0.3 is 0 Å². The molecule has 1 aliphatic carbocycles. The van der Waals surface area contributed by atoms with E-state index in [-0.39, 0.29) is 4.92 Å². The van der Waals surface area contributed by atoms with Gasteiger partial charge in [0.25, 0.3) is 6.20 Å². The zero-order valence-electron chi connectivity index (χ0n) is 9.69. The summed E-state index contributed by atoms with van der Waals surface area (Å²) in [5, 5.41) is 10.7. The second kappa shape index (κ2) is 4.28. The smallest absolute Gasteiger partial charge is 0.253 e. The van der Waals surface area contributed by atoms with E-state index in [1.54, 1.807) is 0 Å². The van der Waals surface area contributed by atoms with Crippen molar-refractivity contribution < 1.29 is 4.92 Å². The molecule has 1 saturated heterocycles. The second-order valence-electron chi connectivity index (χ2n) is 4.97. The lowest BCUT2D eigenvalue weighted by molar-refractivity contribution is -0.404. The number of likely N-dealkylation sites (tertiary alicyclic amines) is 1. The van der Waals surface area contributed by atoms with Gasteiger partial charge in [-0.15, -0.1) is 0 Å². The van der Waals surface area contributed by atoms with E-state index >= 15 is 0 Å². The molecule has 16 heavy (non-hydrogen) atoms. The molecule has 2 aliphatic rings. The predicted molar refractivity (Wildman–Crippen MR) is 62.3 cm³/mol. The first-order chi connectivity index (χ1) is 7.58. The van der Waals surface area contributed by atoms with Crippen molar-refractivity contribution in [3.8, 4) is 0 Å². The summed E-state index contributed by atoms with van der Waals surface area (Å²) in [6.45, 7) is 7.58. The Morgan fingerprint density at radius 1 is 1.69 bits per heavy atom. The van der Waals surface area contributed by atoms with Crippen molar-refractivity contribution in [3.63, 3.8) is 0 Å². The van der Waals surface area contributed by atoms with Gasteiger partial charge in [0.15, 0.2) is 0 Å². The maximum absolute atomic E-state index is 10.7. The van der Waals surface area contributed by atoms with Crippen LogP contribution in [0.2, 0.25) is 0 Å². The quantitative estimate of drug-likeness (QED) is 0.418. The van der Waals surface area contributed by atoms with E-state index in [1.807, 2.05) is 6.92 Å². The van der Waals surface area contributed by atoms with Crippen LogP contribution in [0.5, 0.6) is 0 Å². The molecule has 88 valence electrons. The fourth-order valence-corrected chi connectivity index (χ4v) is 3.03. The minimum absolute atomic E-state index is 0.318. The molecule has 0 N–H and O–H groups in total. The van der Waals surface area contributed by atoms with Gasteiger partial charge < -0.3 is 4.90 Å². The molecule has 0 aromatic rings. The Morgan fingerprint density at radius 3 is 3.06 bits per heavy atom. The van der Waals surface area contributed by atoms with E-state index in [9.17, 15) is 10.1 Å². The first-order valence-electron chi connectivity index (χ1n) is 5.82. The largest absolute Gasteiger partial charge is 0.365 e. The van der Waals surface area contributed by atoms with E-state index in [2.05, 4.69) is 11.5 Å². The lowest BCUT2D eigenvalue weighted by atomic mass is 9.98. The van der Waals surface area contributed by atoms with Crippen LogP contribution in [-0.4, -0.2) is 22.9 Å². The molecule has 0 amide bonds. The number of hydrogen-bond acceptors (Lipinski definition) is 3. The first kappa shape index (κ1) is 11.2. The number of hydrogen-bond donors (Lipinski definition) is 0. The normalized spacial score (nSPS) is 30.8. The third-order valence-corrected chi connectivity index (χ3v) is 3.56. The van der Waals surface area contributed by atoms with Gasteiger partial charge in [0, 0.05) is 19.0 Å². The molecule has 0 spiro atoms. The zero-order chi connectivity index (χ0) is 11.7. The zero-order valence-corrected chi connectivity index (χ0v) is 9.69. The molecule has 1 aliphatic heterocycles. The predicted octanol–water partition coefficient (Wildman–Crippen LogP) is 2.41. The molecule has 0 aromatic carbocycles. The maximum atomic E-state index is 10.7. The molecule has 2 unspecified atom stereocenters. The van der Waals surface area contributed by atoms with Crippen LogP contribution in [0.3, 0.4) is 0 Å². The van der Waals surface area contributed by atoms with Gasteiger partial charge in [-0.25, -0.2) is 0 Å². The van der Waals surface area contributed by atoms with Crippen LogP contribution in [0, 0.1) is 22.0 Å². The Kier molecular flexibility index (Phi) is 2.99. The van der Waals surface area contributed by atoms with Gasteiger partial charge in [-0.3, -0.25) is 10.1 Å². The van der Waals surface area contributed by atoms with Gasteiger partial charge in [0.1, 0.15) is 0 Å². The van der Waals surface area contributed by atoms with E-state index in [0.29, 0.717) is 11.8 Å². The van der Waals surface area contributed by atoms with E-state index in [4.69, 9.17) is 0 Å². The summed E-state index contributed by atoms with van der Waals surface area (Å²) in [6, 6.07) is 0. The van der Waals surface area contributed by atoms with Crippen LogP contribution >= 0.6 is 0 Å². The molecule has 1 saturated carbocycles. The van der Waals surface area contributed by atoms with E-state index in [0.717, 1.165) is 30.8 Å². The summed E-state index contributed by atoms with van der Waals surface area (Å²) in [5.41, 5.74) is 1.99. The van der Waals surface area contributed by atoms with Gasteiger partial charge in [-0.05, 0) is 25.7 Å². The number of allylic oxidation sites excluding steroid dienone is 1. The van der Waals surface area contributed by atoms with Crippen LogP contribution in [-0.2, 0) is 0 Å². The second-order valence-corrected chi connectivity index (χ2v) is 4.97. The highest BCUT2D eigenvalue weighted by Crippen LogP contribution is 2.44. The van der Waals surface area contributed by atoms with Crippen molar-refractivity contribution in [2.45, 2.75) is 26.2 Å². The highest BCUT2D eigenvalue weighted by atomic mass is 16.6. The van der Waals surface area contributed by atoms with Gasteiger partial charge in [-0.2, -0.15) is 0 Å². The summed E-state index contributed by atoms with van der Waals surface area (Å²) in [4.78, 5) is 12.5. The summed E-state index contributed by atoms with van der Waals surface area (Å²) in [6.07, 6.45) is 4.74. The van der Waals surface area contributed by atoms with Crippen molar-refractivity contribution in [1.29, 1.82) is 0 Å². The van der Waals surface area contributed by atoms with Crippen LogP contribution in [0.15, 0.2) is 24.0 Å². The topological polar surface area (TPSA) is 46.4 Å². The number of fused-ring (bicyclic) bond motifs is 1. The average Bonchev–Trinajstić information content (AvgIpc) is 2.68. The van der Waals surface area contributed by atoms with Crippen LogP contribution in [0.25, 0.3) is 0 Å². The van der Waals surface area contributed by atoms with Gasteiger partial charge in [0.05, 0.1) is 10.6 Å². The van der Waals surface area contributed by atoms with Gasteiger partial charge in [-0.1, -0.05) is 18.6 Å². The third-order valence-electron chi connectivity index (χ3n) is 3.56. The average molecular weight is 222 g/mol. The van der Waals surface area contributed by atoms with Crippen molar-refractivity contribution >= 4 is 0 Å². The van der Waals surface area contributed by atoms with Crippen LogP contribution < -0.4 is 0 Å². The standard InChI is InChI=1S/C12H18N2O2/c1-9(2)6-13-7-10-4-3-5-11(10)12(13)8-14(15)16/h8,10-11H,1,3-7H2,2H3. The fourth-order valence-electron chi connectivity index (χ4n) is 3.03. The molecule has 4 heteroatoms. The molecule has 2 fully saturated rings. The molecule has 0 bridgehead atoms. The van der Waals surface area contributed by atoms with E-state index < -0.39 is 0 Å². The SMILES string of the molecule is C=C(C)CN1CC2CCCC2C1=C[N+](=O)[O-]. The molecule has 2 rings (SSSR count).